The Morgan fingerprint density at radius 2 is 1.81 bits per heavy atom. The van der Waals surface area contributed by atoms with Crippen LogP contribution in [0.15, 0.2) is 49.6 Å². The van der Waals surface area contributed by atoms with Gasteiger partial charge in [-0.15, -0.1) is 24.9 Å². The lowest BCUT2D eigenvalue weighted by Gasteiger charge is -2.42. The number of hydrogen-bond acceptors (Lipinski definition) is 6. The molecule has 1 aromatic carbocycles. The molecule has 8 nitrogen and oxygen atoms in total. The molecule has 0 saturated carbocycles. The van der Waals surface area contributed by atoms with E-state index < -0.39 is 28.2 Å². The average Bonchev–Trinajstić information content (AvgIpc) is 3.55. The number of fused-ring (bicyclic) bond motifs is 1. The SMILES string of the molecule is C=CCN(C(=O)[C@H]1[C@H]2C(=O)N(CCCCCO)C(C(=O)N(CC=C)C(C)(C)C)C23CC(Br)[C@@H]1S3)c1ccc(OCC)cc1. The van der Waals surface area contributed by atoms with Crippen LogP contribution in [0.5, 0.6) is 5.75 Å². The summed E-state index contributed by atoms with van der Waals surface area (Å²) in [6, 6.07) is 6.72. The number of unbranched alkanes of at least 4 members (excludes halogenated alkanes) is 2. The molecule has 3 aliphatic rings. The summed E-state index contributed by atoms with van der Waals surface area (Å²) < 4.78 is 4.87. The van der Waals surface area contributed by atoms with Crippen molar-refractivity contribution in [2.75, 3.05) is 37.7 Å². The number of ether oxygens (including phenoxy) is 1. The molecule has 3 unspecified atom stereocenters. The molecule has 0 aromatic heterocycles. The molecule has 43 heavy (non-hydrogen) atoms. The van der Waals surface area contributed by atoms with Crippen molar-refractivity contribution in [3.8, 4) is 5.75 Å². The largest absolute Gasteiger partial charge is 0.494 e. The van der Waals surface area contributed by atoms with E-state index in [4.69, 9.17) is 4.74 Å². The average molecular weight is 677 g/mol. The van der Waals surface area contributed by atoms with Gasteiger partial charge in [0.1, 0.15) is 11.8 Å². The lowest BCUT2D eigenvalue weighted by atomic mass is 9.70. The number of rotatable bonds is 14. The Hall–Kier alpha value is -2.30. The number of aliphatic hydroxyl groups is 1. The summed E-state index contributed by atoms with van der Waals surface area (Å²) in [5.74, 6) is -0.829. The Bertz CT molecular complexity index is 1200. The highest BCUT2D eigenvalue weighted by Gasteiger charge is 2.76. The number of amides is 3. The number of aliphatic hydroxyl groups excluding tert-OH is 1. The summed E-state index contributed by atoms with van der Waals surface area (Å²) in [7, 11) is 0. The topological polar surface area (TPSA) is 90.4 Å². The van der Waals surface area contributed by atoms with Crippen molar-refractivity contribution in [2.45, 2.75) is 79.8 Å². The number of halogens is 1. The van der Waals surface area contributed by atoms with E-state index in [2.05, 4.69) is 29.1 Å². The predicted molar refractivity (Wildman–Crippen MR) is 177 cm³/mol. The normalized spacial score (nSPS) is 27.6. The molecule has 3 fully saturated rings. The van der Waals surface area contributed by atoms with E-state index in [0.29, 0.717) is 51.2 Å². The number of alkyl halides is 1. The number of hydrogen-bond donors (Lipinski definition) is 1. The molecule has 3 aliphatic heterocycles. The molecule has 0 aliphatic carbocycles. The molecule has 1 aromatic rings. The number of carbonyl (C=O) groups is 3. The first-order valence-corrected chi connectivity index (χ1v) is 17.1. The van der Waals surface area contributed by atoms with E-state index in [-0.39, 0.29) is 34.4 Å². The second kappa shape index (κ2) is 13.8. The third-order valence-electron chi connectivity index (χ3n) is 8.79. The number of carbonyl (C=O) groups excluding carboxylic acids is 3. The maximum Gasteiger partial charge on any atom is 0.247 e. The van der Waals surface area contributed by atoms with Crippen LogP contribution < -0.4 is 9.64 Å². The second-order valence-corrected chi connectivity index (χ2v) is 15.3. The van der Waals surface area contributed by atoms with Gasteiger partial charge in [-0.2, -0.15) is 0 Å². The Kier molecular flexibility index (Phi) is 10.8. The van der Waals surface area contributed by atoms with Gasteiger partial charge in [0.25, 0.3) is 0 Å². The highest BCUT2D eigenvalue weighted by molar-refractivity contribution is 9.09. The first-order valence-electron chi connectivity index (χ1n) is 15.3. The first kappa shape index (κ1) is 33.6. The van der Waals surface area contributed by atoms with Crippen LogP contribution in [0.1, 0.15) is 53.4 Å². The van der Waals surface area contributed by atoms with Crippen molar-refractivity contribution >= 4 is 51.1 Å². The van der Waals surface area contributed by atoms with Crippen LogP contribution in [0, 0.1) is 11.8 Å². The highest BCUT2D eigenvalue weighted by Crippen LogP contribution is 2.68. The number of thioether (sulfide) groups is 1. The minimum absolute atomic E-state index is 0.0199. The van der Waals surface area contributed by atoms with Gasteiger partial charge in [-0.1, -0.05) is 28.1 Å². The summed E-state index contributed by atoms with van der Waals surface area (Å²) in [6.07, 6.45) is 6.11. The van der Waals surface area contributed by atoms with Gasteiger partial charge in [-0.25, -0.2) is 0 Å². The summed E-state index contributed by atoms with van der Waals surface area (Å²) in [5.41, 5.74) is 0.231. The van der Waals surface area contributed by atoms with E-state index in [1.54, 1.807) is 33.7 Å². The van der Waals surface area contributed by atoms with Crippen molar-refractivity contribution in [1.29, 1.82) is 0 Å². The quantitative estimate of drug-likeness (QED) is 0.169. The molecule has 3 amide bonds. The van der Waals surface area contributed by atoms with Gasteiger partial charge in [0.05, 0.1) is 23.2 Å². The molecule has 4 rings (SSSR count). The zero-order chi connectivity index (χ0) is 31.5. The van der Waals surface area contributed by atoms with Gasteiger partial charge in [0, 0.05) is 47.5 Å². The van der Waals surface area contributed by atoms with Crippen molar-refractivity contribution in [1.82, 2.24) is 9.80 Å². The smallest absolute Gasteiger partial charge is 0.247 e. The molecule has 236 valence electrons. The summed E-state index contributed by atoms with van der Waals surface area (Å²) in [4.78, 5) is 48.9. The minimum Gasteiger partial charge on any atom is -0.494 e. The van der Waals surface area contributed by atoms with E-state index >= 15 is 0 Å². The maximum atomic E-state index is 14.6. The lowest BCUT2D eigenvalue weighted by molar-refractivity contribution is -0.145. The van der Waals surface area contributed by atoms with Gasteiger partial charge in [0.15, 0.2) is 0 Å². The molecule has 1 spiro atoms. The van der Waals surface area contributed by atoms with Crippen molar-refractivity contribution in [2.24, 2.45) is 11.8 Å². The standard InChI is InChI=1S/C33H46BrN3O5S/c1-7-17-35(22-13-15-23(16-14-22)42-9-3)29(39)25-26-30(40)36(19-11-10-12-20-38)28(33(26)21-24(34)27(25)43-33)31(41)37(18-8-2)32(4,5)6/h7-8,13-16,24-28,38H,1-2,9-12,17-21H2,3-6H3/t24?,25-,26-,27-,28?,33?/m0/s1. The van der Waals surface area contributed by atoms with Crippen LogP contribution in [-0.4, -0.2) is 91.9 Å². The van der Waals surface area contributed by atoms with Crippen LogP contribution in [0.4, 0.5) is 5.69 Å². The minimum atomic E-state index is -0.729. The molecule has 3 saturated heterocycles. The molecular formula is C33H46BrN3O5S. The number of likely N-dealkylation sites (tertiary alicyclic amines) is 1. The molecule has 1 N–H and O–H groups in total. The van der Waals surface area contributed by atoms with Crippen LogP contribution in [0.3, 0.4) is 0 Å². The number of anilines is 1. The van der Waals surface area contributed by atoms with E-state index in [1.807, 2.05) is 56.9 Å². The summed E-state index contributed by atoms with van der Waals surface area (Å²) in [5, 5.41) is 9.18. The molecule has 6 atom stereocenters. The van der Waals surface area contributed by atoms with Crippen molar-refractivity contribution in [3.05, 3.63) is 49.6 Å². The van der Waals surface area contributed by atoms with Gasteiger partial charge >= 0.3 is 0 Å². The lowest BCUT2D eigenvalue weighted by Crippen LogP contribution is -2.59. The van der Waals surface area contributed by atoms with E-state index in [0.717, 1.165) is 12.2 Å². The third-order valence-corrected chi connectivity index (χ3v) is 12.0. The number of benzene rings is 1. The third kappa shape index (κ3) is 6.29. The Labute approximate surface area is 269 Å². The van der Waals surface area contributed by atoms with Crippen molar-refractivity contribution < 1.29 is 24.2 Å². The molecule has 10 heteroatoms. The summed E-state index contributed by atoms with van der Waals surface area (Å²) in [6.45, 7) is 17.4. The maximum absolute atomic E-state index is 14.6. The van der Waals surface area contributed by atoms with Crippen LogP contribution >= 0.6 is 27.7 Å². The van der Waals surface area contributed by atoms with Gasteiger partial charge in [-0.05, 0) is 77.6 Å². The van der Waals surface area contributed by atoms with Crippen LogP contribution in [0.25, 0.3) is 0 Å². The Morgan fingerprint density at radius 3 is 2.40 bits per heavy atom. The van der Waals surface area contributed by atoms with Gasteiger partial charge < -0.3 is 24.5 Å². The fourth-order valence-electron chi connectivity index (χ4n) is 6.99. The molecule has 3 heterocycles. The summed E-state index contributed by atoms with van der Waals surface area (Å²) >= 11 is 5.53. The number of nitrogens with zero attached hydrogens (tertiary/aromatic N) is 3. The van der Waals surface area contributed by atoms with Gasteiger partial charge in [0.2, 0.25) is 17.7 Å². The molecule has 0 radical (unpaired) electrons. The Balaban J connectivity index is 1.75. The first-order chi connectivity index (χ1) is 20.5. The Morgan fingerprint density at radius 1 is 1.14 bits per heavy atom. The van der Waals surface area contributed by atoms with Gasteiger partial charge in [-0.3, -0.25) is 14.4 Å². The fraction of sp³-hybridized carbons (Fsp3) is 0.606. The van der Waals surface area contributed by atoms with Crippen LogP contribution in [-0.2, 0) is 14.4 Å². The zero-order valence-electron chi connectivity index (χ0n) is 25.8. The monoisotopic (exact) mass is 675 g/mol. The molecular weight excluding hydrogens is 630 g/mol. The molecule has 2 bridgehead atoms. The highest BCUT2D eigenvalue weighted by atomic mass is 79.9. The van der Waals surface area contributed by atoms with Crippen molar-refractivity contribution in [3.63, 3.8) is 0 Å². The van der Waals surface area contributed by atoms with E-state index in [1.165, 1.54) is 0 Å². The fourth-order valence-corrected chi connectivity index (χ4v) is 10.6. The predicted octanol–water partition coefficient (Wildman–Crippen LogP) is 5.04. The van der Waals surface area contributed by atoms with Crippen LogP contribution in [0.2, 0.25) is 0 Å². The zero-order valence-corrected chi connectivity index (χ0v) is 28.2. The van der Waals surface area contributed by atoms with E-state index in [9.17, 15) is 19.5 Å². The second-order valence-electron chi connectivity index (χ2n) is 12.6.